The van der Waals surface area contributed by atoms with Crippen LogP contribution in [-0.2, 0) is 16.1 Å². The minimum absolute atomic E-state index is 0.103. The van der Waals surface area contributed by atoms with E-state index in [1.165, 1.54) is 0 Å². The van der Waals surface area contributed by atoms with Gasteiger partial charge in [-0.2, -0.15) is 0 Å². The first-order valence-corrected chi connectivity index (χ1v) is 10.8. The maximum absolute atomic E-state index is 13.2. The molecule has 0 aliphatic heterocycles. The zero-order valence-electron chi connectivity index (χ0n) is 18.6. The monoisotopic (exact) mass is 410 g/mol. The van der Waals surface area contributed by atoms with E-state index in [0.717, 1.165) is 17.5 Å². The van der Waals surface area contributed by atoms with Gasteiger partial charge < -0.3 is 15.0 Å². The van der Waals surface area contributed by atoms with E-state index in [9.17, 15) is 9.59 Å². The molecule has 0 saturated carbocycles. The maximum Gasteiger partial charge on any atom is 0.261 e. The third-order valence-corrected chi connectivity index (χ3v) is 5.02. The summed E-state index contributed by atoms with van der Waals surface area (Å²) < 4.78 is 5.91. The molecule has 2 rings (SSSR count). The van der Waals surface area contributed by atoms with Crippen LogP contribution < -0.4 is 10.1 Å². The van der Waals surface area contributed by atoms with Crippen molar-refractivity contribution in [3.8, 4) is 5.75 Å². The number of nitrogens with one attached hydrogen (secondary N) is 1. The minimum Gasteiger partial charge on any atom is -0.483 e. The van der Waals surface area contributed by atoms with E-state index in [2.05, 4.69) is 19.2 Å². The van der Waals surface area contributed by atoms with Crippen LogP contribution in [0.2, 0.25) is 0 Å². The Hall–Kier alpha value is -2.82. The number of ether oxygens (including phenoxy) is 1. The van der Waals surface area contributed by atoms with Gasteiger partial charge in [0.05, 0.1) is 0 Å². The first kappa shape index (κ1) is 23.5. The van der Waals surface area contributed by atoms with Gasteiger partial charge in [0.1, 0.15) is 11.8 Å². The maximum atomic E-state index is 13.2. The van der Waals surface area contributed by atoms with Crippen LogP contribution in [0.5, 0.6) is 5.75 Å². The molecular formula is C25H34N2O3. The molecule has 0 heterocycles. The number of carbonyl (C=O) groups excluding carboxylic acids is 2. The smallest absolute Gasteiger partial charge is 0.261 e. The van der Waals surface area contributed by atoms with Gasteiger partial charge in [-0.15, -0.1) is 0 Å². The van der Waals surface area contributed by atoms with Crippen molar-refractivity contribution in [3.05, 3.63) is 65.7 Å². The first-order chi connectivity index (χ1) is 14.5. The molecule has 1 atom stereocenters. The van der Waals surface area contributed by atoms with E-state index in [1.54, 1.807) is 4.90 Å². The van der Waals surface area contributed by atoms with E-state index in [1.807, 2.05) is 68.4 Å². The second-order valence-corrected chi connectivity index (χ2v) is 7.70. The average molecular weight is 411 g/mol. The molecule has 2 amide bonds. The van der Waals surface area contributed by atoms with Gasteiger partial charge in [-0.1, -0.05) is 76.2 Å². The van der Waals surface area contributed by atoms with Crippen molar-refractivity contribution >= 4 is 11.8 Å². The molecule has 5 heteroatoms. The van der Waals surface area contributed by atoms with Crippen LogP contribution in [0.15, 0.2) is 54.6 Å². The molecule has 0 spiro atoms. The highest BCUT2D eigenvalue weighted by atomic mass is 16.5. The Morgan fingerprint density at radius 3 is 2.30 bits per heavy atom. The molecule has 0 saturated heterocycles. The van der Waals surface area contributed by atoms with Crippen LogP contribution in [-0.4, -0.2) is 35.9 Å². The number of hydrogen-bond acceptors (Lipinski definition) is 3. The standard InChI is InChI=1S/C25H34N2O3/c1-5-16-26-25(29)22(6-2)27(17-20-12-8-7-9-13-20)24(28)18-30-23-15-11-10-14-21(23)19(3)4/h7-15,19,22H,5-6,16-18H2,1-4H3,(H,26,29)/t22-/m0/s1. The topological polar surface area (TPSA) is 58.6 Å². The molecule has 5 nitrogen and oxygen atoms in total. The summed E-state index contributed by atoms with van der Waals surface area (Å²) in [5, 5.41) is 2.93. The molecule has 0 aromatic heterocycles. The zero-order valence-corrected chi connectivity index (χ0v) is 18.6. The molecular weight excluding hydrogens is 376 g/mol. The second kappa shape index (κ2) is 12.0. The Balaban J connectivity index is 2.20. The van der Waals surface area contributed by atoms with Crippen LogP contribution in [0.3, 0.4) is 0 Å². The van der Waals surface area contributed by atoms with Crippen molar-refractivity contribution in [1.29, 1.82) is 0 Å². The number of carbonyl (C=O) groups is 2. The summed E-state index contributed by atoms with van der Waals surface area (Å²) >= 11 is 0. The summed E-state index contributed by atoms with van der Waals surface area (Å²) in [6.45, 7) is 8.99. The Bertz CT molecular complexity index is 805. The average Bonchev–Trinajstić information content (AvgIpc) is 2.76. The van der Waals surface area contributed by atoms with Crippen molar-refractivity contribution in [2.45, 2.75) is 59.0 Å². The highest BCUT2D eigenvalue weighted by Gasteiger charge is 2.28. The summed E-state index contributed by atoms with van der Waals surface area (Å²) in [6, 6.07) is 17.0. The lowest BCUT2D eigenvalue weighted by atomic mass is 10.0. The molecule has 1 N–H and O–H groups in total. The second-order valence-electron chi connectivity index (χ2n) is 7.70. The van der Waals surface area contributed by atoms with Crippen molar-refractivity contribution in [3.63, 3.8) is 0 Å². The van der Waals surface area contributed by atoms with E-state index in [4.69, 9.17) is 4.74 Å². The van der Waals surface area contributed by atoms with Gasteiger partial charge in [-0.3, -0.25) is 9.59 Å². The molecule has 0 aliphatic carbocycles. The molecule has 2 aromatic carbocycles. The summed E-state index contributed by atoms with van der Waals surface area (Å²) in [5.41, 5.74) is 2.04. The Morgan fingerprint density at radius 1 is 1.00 bits per heavy atom. The number of nitrogens with zero attached hydrogens (tertiary/aromatic N) is 1. The van der Waals surface area contributed by atoms with Gasteiger partial charge in [0.15, 0.2) is 6.61 Å². The molecule has 30 heavy (non-hydrogen) atoms. The fourth-order valence-corrected chi connectivity index (χ4v) is 3.38. The van der Waals surface area contributed by atoms with Crippen molar-refractivity contribution < 1.29 is 14.3 Å². The number of para-hydroxylation sites is 1. The Kier molecular flexibility index (Phi) is 9.39. The summed E-state index contributed by atoms with van der Waals surface area (Å²) in [7, 11) is 0. The van der Waals surface area contributed by atoms with E-state index in [0.29, 0.717) is 31.2 Å². The highest BCUT2D eigenvalue weighted by molar-refractivity contribution is 5.88. The zero-order chi connectivity index (χ0) is 21.9. The largest absolute Gasteiger partial charge is 0.483 e. The third kappa shape index (κ3) is 6.61. The number of rotatable bonds is 11. The van der Waals surface area contributed by atoms with Gasteiger partial charge in [0.2, 0.25) is 5.91 Å². The van der Waals surface area contributed by atoms with Gasteiger partial charge >= 0.3 is 0 Å². The van der Waals surface area contributed by atoms with Crippen molar-refractivity contribution in [2.24, 2.45) is 0 Å². The minimum atomic E-state index is -0.534. The SMILES string of the molecule is CCCNC(=O)[C@H](CC)N(Cc1ccccc1)C(=O)COc1ccccc1C(C)C. The van der Waals surface area contributed by atoms with Crippen LogP contribution in [0.25, 0.3) is 0 Å². The molecule has 0 radical (unpaired) electrons. The van der Waals surface area contributed by atoms with E-state index in [-0.39, 0.29) is 18.4 Å². The predicted molar refractivity (Wildman–Crippen MR) is 120 cm³/mol. The lowest BCUT2D eigenvalue weighted by molar-refractivity contribution is -0.143. The van der Waals surface area contributed by atoms with Crippen molar-refractivity contribution in [2.75, 3.05) is 13.2 Å². The summed E-state index contributed by atoms with van der Waals surface area (Å²) in [5.74, 6) is 0.686. The fourth-order valence-electron chi connectivity index (χ4n) is 3.38. The fraction of sp³-hybridized carbons (Fsp3) is 0.440. The van der Waals surface area contributed by atoms with Crippen LogP contribution in [0.4, 0.5) is 0 Å². The third-order valence-electron chi connectivity index (χ3n) is 5.02. The van der Waals surface area contributed by atoms with Gasteiger partial charge in [-0.25, -0.2) is 0 Å². The number of hydrogen-bond donors (Lipinski definition) is 1. The highest BCUT2D eigenvalue weighted by Crippen LogP contribution is 2.26. The van der Waals surface area contributed by atoms with Gasteiger partial charge in [-0.05, 0) is 36.0 Å². The Morgan fingerprint density at radius 2 is 1.67 bits per heavy atom. The number of benzene rings is 2. The summed E-state index contributed by atoms with van der Waals surface area (Å²) in [4.78, 5) is 27.6. The van der Waals surface area contributed by atoms with Crippen LogP contribution in [0, 0.1) is 0 Å². The quantitative estimate of drug-likeness (QED) is 0.592. The van der Waals surface area contributed by atoms with Gasteiger partial charge in [0, 0.05) is 13.1 Å². The van der Waals surface area contributed by atoms with Crippen LogP contribution in [0.1, 0.15) is 57.6 Å². The molecule has 0 fully saturated rings. The summed E-state index contributed by atoms with van der Waals surface area (Å²) in [6.07, 6.45) is 1.39. The predicted octanol–water partition coefficient (Wildman–Crippen LogP) is 4.52. The molecule has 0 aliphatic rings. The van der Waals surface area contributed by atoms with Gasteiger partial charge in [0.25, 0.3) is 5.91 Å². The molecule has 162 valence electrons. The molecule has 0 unspecified atom stereocenters. The van der Waals surface area contributed by atoms with Crippen LogP contribution >= 0.6 is 0 Å². The lowest BCUT2D eigenvalue weighted by Crippen LogP contribution is -2.50. The number of amides is 2. The first-order valence-electron chi connectivity index (χ1n) is 10.8. The molecule has 2 aromatic rings. The molecule has 0 bridgehead atoms. The Labute approximate surface area is 180 Å². The normalized spacial score (nSPS) is 11.8. The lowest BCUT2D eigenvalue weighted by Gasteiger charge is -2.30. The van der Waals surface area contributed by atoms with Crippen molar-refractivity contribution in [1.82, 2.24) is 10.2 Å². The van der Waals surface area contributed by atoms with E-state index >= 15 is 0 Å². The van der Waals surface area contributed by atoms with E-state index < -0.39 is 6.04 Å².